The average molecular weight is 385 g/mol. The smallest absolute Gasteiger partial charge is 0.224 e. The first kappa shape index (κ1) is 18.3. The molecule has 0 aliphatic carbocycles. The lowest BCUT2D eigenvalue weighted by molar-refractivity contribution is -0.132. The number of nitrogens with zero attached hydrogens (tertiary/aromatic N) is 4. The highest BCUT2D eigenvalue weighted by Crippen LogP contribution is 2.30. The Kier molecular flexibility index (Phi) is 4.93. The van der Waals surface area contributed by atoms with Crippen molar-refractivity contribution in [1.82, 2.24) is 24.6 Å². The number of aromatic amines is 1. The Bertz CT molecular complexity index is 1010. The molecule has 28 heavy (non-hydrogen) atoms. The molecule has 6 nitrogen and oxygen atoms in total. The molecule has 1 N–H and O–H groups in total. The summed E-state index contributed by atoms with van der Waals surface area (Å²) in [5, 5.41) is 7.16. The third kappa shape index (κ3) is 3.42. The highest BCUT2D eigenvalue weighted by Gasteiger charge is 2.26. The van der Waals surface area contributed by atoms with Gasteiger partial charge in [0.05, 0.1) is 0 Å². The highest BCUT2D eigenvalue weighted by molar-refractivity contribution is 5.77. The van der Waals surface area contributed by atoms with E-state index in [1.807, 2.05) is 17.7 Å². The van der Waals surface area contributed by atoms with Crippen LogP contribution < -0.4 is 0 Å². The van der Waals surface area contributed by atoms with Gasteiger partial charge in [0, 0.05) is 74.2 Å². The molecule has 1 amide bonds. The molecular formula is C20H21F2N5O. The van der Waals surface area contributed by atoms with Crippen LogP contribution in [0, 0.1) is 11.6 Å². The Morgan fingerprint density at radius 3 is 2.96 bits per heavy atom. The number of carbonyl (C=O) groups excluding carboxylic acids is 1. The molecule has 4 rings (SSSR count). The van der Waals surface area contributed by atoms with E-state index >= 15 is 0 Å². The van der Waals surface area contributed by atoms with Crippen molar-refractivity contribution in [2.75, 3.05) is 6.54 Å². The summed E-state index contributed by atoms with van der Waals surface area (Å²) >= 11 is 0. The van der Waals surface area contributed by atoms with E-state index in [2.05, 4.69) is 15.2 Å². The van der Waals surface area contributed by atoms with E-state index in [4.69, 9.17) is 0 Å². The number of H-pyrrole nitrogens is 1. The number of rotatable bonds is 5. The fourth-order valence-corrected chi connectivity index (χ4v) is 3.64. The topological polar surface area (TPSA) is 66.8 Å². The van der Waals surface area contributed by atoms with Gasteiger partial charge in [0.1, 0.15) is 23.2 Å². The SMILES string of the molecule is CCc1nccn1CCC(=O)N1CCc2[nH]nc(-c3ccc(F)cc3F)c2C1. The molecule has 8 heteroatoms. The van der Waals surface area contributed by atoms with Crippen molar-refractivity contribution in [3.63, 3.8) is 0 Å². The van der Waals surface area contributed by atoms with Crippen LogP contribution in [0.3, 0.4) is 0 Å². The van der Waals surface area contributed by atoms with Gasteiger partial charge in [-0.05, 0) is 12.1 Å². The molecule has 0 unspecified atom stereocenters. The Hall–Kier alpha value is -3.03. The lowest BCUT2D eigenvalue weighted by atomic mass is 10.0. The standard InChI is InChI=1S/C20H21F2N5O/c1-2-18-23-7-10-26(18)9-6-19(28)27-8-5-17-15(12-27)20(25-24-17)14-4-3-13(21)11-16(14)22/h3-4,7,10-11H,2,5-6,8-9,12H2,1H3,(H,24,25). The van der Waals surface area contributed by atoms with Gasteiger partial charge in [-0.1, -0.05) is 6.92 Å². The minimum absolute atomic E-state index is 0.0353. The van der Waals surface area contributed by atoms with Crippen LogP contribution in [0.25, 0.3) is 11.3 Å². The number of nitrogens with one attached hydrogen (secondary N) is 1. The highest BCUT2D eigenvalue weighted by atomic mass is 19.1. The van der Waals surface area contributed by atoms with Crippen LogP contribution in [0.4, 0.5) is 8.78 Å². The summed E-state index contributed by atoms with van der Waals surface area (Å²) in [7, 11) is 0. The van der Waals surface area contributed by atoms with Gasteiger partial charge < -0.3 is 9.47 Å². The van der Waals surface area contributed by atoms with Crippen LogP contribution in [-0.4, -0.2) is 37.1 Å². The molecule has 0 spiro atoms. The van der Waals surface area contributed by atoms with Crippen molar-refractivity contribution in [2.24, 2.45) is 0 Å². The van der Waals surface area contributed by atoms with Crippen molar-refractivity contribution in [3.8, 4) is 11.3 Å². The van der Waals surface area contributed by atoms with E-state index in [-0.39, 0.29) is 11.5 Å². The van der Waals surface area contributed by atoms with E-state index in [0.29, 0.717) is 38.2 Å². The molecule has 3 aromatic rings. The maximum Gasteiger partial charge on any atom is 0.224 e. The van der Waals surface area contributed by atoms with Crippen molar-refractivity contribution in [2.45, 2.75) is 39.3 Å². The van der Waals surface area contributed by atoms with Gasteiger partial charge in [0.2, 0.25) is 5.91 Å². The molecule has 0 fully saturated rings. The molecule has 146 valence electrons. The Morgan fingerprint density at radius 1 is 1.32 bits per heavy atom. The summed E-state index contributed by atoms with van der Waals surface area (Å²) in [6.07, 6.45) is 5.44. The third-order valence-electron chi connectivity index (χ3n) is 5.16. The Balaban J connectivity index is 1.50. The Labute approximate surface area is 161 Å². The van der Waals surface area contributed by atoms with Crippen molar-refractivity contribution in [1.29, 1.82) is 0 Å². The average Bonchev–Trinajstić information content (AvgIpc) is 3.32. The summed E-state index contributed by atoms with van der Waals surface area (Å²) in [6, 6.07) is 3.44. The number of carbonyl (C=O) groups is 1. The van der Waals surface area contributed by atoms with Crippen LogP contribution >= 0.6 is 0 Å². The summed E-state index contributed by atoms with van der Waals surface area (Å²) in [5.74, 6) is -0.302. The van der Waals surface area contributed by atoms with E-state index in [1.165, 1.54) is 12.1 Å². The molecule has 0 radical (unpaired) electrons. The number of halogens is 2. The monoisotopic (exact) mass is 385 g/mol. The summed E-state index contributed by atoms with van der Waals surface area (Å²) in [5.41, 5.74) is 2.36. The third-order valence-corrected chi connectivity index (χ3v) is 5.16. The summed E-state index contributed by atoms with van der Waals surface area (Å²) in [6.45, 7) is 3.56. The zero-order chi connectivity index (χ0) is 19.7. The van der Waals surface area contributed by atoms with Gasteiger partial charge in [-0.3, -0.25) is 9.89 Å². The lowest BCUT2D eigenvalue weighted by Crippen LogP contribution is -2.36. The zero-order valence-electron chi connectivity index (χ0n) is 15.6. The molecule has 0 atom stereocenters. The van der Waals surface area contributed by atoms with Gasteiger partial charge in [-0.25, -0.2) is 13.8 Å². The second-order valence-corrected chi connectivity index (χ2v) is 6.86. The zero-order valence-corrected chi connectivity index (χ0v) is 15.6. The van der Waals surface area contributed by atoms with Crippen LogP contribution in [0.1, 0.15) is 30.4 Å². The molecule has 3 heterocycles. The molecule has 0 bridgehead atoms. The van der Waals surface area contributed by atoms with Crippen molar-refractivity contribution < 1.29 is 13.6 Å². The molecule has 1 aliphatic heterocycles. The maximum atomic E-state index is 14.2. The number of aromatic nitrogens is 4. The minimum atomic E-state index is -0.662. The van der Waals surface area contributed by atoms with Gasteiger partial charge in [-0.15, -0.1) is 0 Å². The number of imidazole rings is 1. The number of hydrogen-bond donors (Lipinski definition) is 1. The van der Waals surface area contributed by atoms with Gasteiger partial charge in [0.15, 0.2) is 0 Å². The number of amides is 1. The molecular weight excluding hydrogens is 364 g/mol. The number of fused-ring (bicyclic) bond motifs is 1. The summed E-state index contributed by atoms with van der Waals surface area (Å²) < 4.78 is 29.4. The van der Waals surface area contributed by atoms with E-state index in [1.54, 1.807) is 11.1 Å². The van der Waals surface area contributed by atoms with Crippen LogP contribution in [0.15, 0.2) is 30.6 Å². The fourth-order valence-electron chi connectivity index (χ4n) is 3.64. The van der Waals surface area contributed by atoms with Crippen LogP contribution in [0.5, 0.6) is 0 Å². The van der Waals surface area contributed by atoms with E-state index < -0.39 is 11.6 Å². The largest absolute Gasteiger partial charge is 0.338 e. The van der Waals surface area contributed by atoms with Gasteiger partial charge in [0.25, 0.3) is 0 Å². The predicted octanol–water partition coefficient (Wildman–Crippen LogP) is 3.09. The van der Waals surface area contributed by atoms with E-state index in [9.17, 15) is 13.6 Å². The lowest BCUT2D eigenvalue weighted by Gasteiger charge is -2.27. The molecule has 0 saturated carbocycles. The van der Waals surface area contributed by atoms with Gasteiger partial charge in [-0.2, -0.15) is 5.10 Å². The minimum Gasteiger partial charge on any atom is -0.338 e. The second kappa shape index (κ2) is 7.53. The van der Waals surface area contributed by atoms with Crippen molar-refractivity contribution in [3.05, 3.63) is 59.3 Å². The first-order valence-corrected chi connectivity index (χ1v) is 9.36. The second-order valence-electron chi connectivity index (χ2n) is 6.86. The fraction of sp³-hybridized carbons (Fsp3) is 0.350. The van der Waals surface area contributed by atoms with E-state index in [0.717, 1.165) is 29.6 Å². The van der Waals surface area contributed by atoms with Crippen molar-refractivity contribution >= 4 is 5.91 Å². The first-order chi connectivity index (χ1) is 13.6. The van der Waals surface area contributed by atoms with Gasteiger partial charge >= 0.3 is 0 Å². The predicted molar refractivity (Wildman–Crippen MR) is 99.3 cm³/mol. The molecule has 1 aliphatic rings. The number of hydrogen-bond acceptors (Lipinski definition) is 3. The summed E-state index contributed by atoms with van der Waals surface area (Å²) in [4.78, 5) is 18.8. The van der Waals surface area contributed by atoms with Crippen LogP contribution in [-0.2, 0) is 30.7 Å². The molecule has 1 aromatic carbocycles. The quantitative estimate of drug-likeness (QED) is 0.734. The molecule has 0 saturated heterocycles. The van der Waals surface area contributed by atoms with Crippen LogP contribution in [0.2, 0.25) is 0 Å². The molecule has 2 aromatic heterocycles. The first-order valence-electron chi connectivity index (χ1n) is 9.36. The normalized spacial score (nSPS) is 13.6. The maximum absolute atomic E-state index is 14.2. The Morgan fingerprint density at radius 2 is 2.18 bits per heavy atom. The number of benzene rings is 1. The number of aryl methyl sites for hydroxylation is 2.